The van der Waals surface area contributed by atoms with Gasteiger partial charge in [-0.3, -0.25) is 4.79 Å². The van der Waals surface area contributed by atoms with E-state index < -0.39 is 34.4 Å². The number of aromatic nitrogens is 1. The van der Waals surface area contributed by atoms with Gasteiger partial charge in [-0.1, -0.05) is 25.0 Å². The maximum atomic E-state index is 12.2. The van der Waals surface area contributed by atoms with Gasteiger partial charge >= 0.3 is 11.9 Å². The summed E-state index contributed by atoms with van der Waals surface area (Å²) >= 11 is 0. The number of aryl methyl sites for hydroxylation is 1. The second kappa shape index (κ2) is 7.73. The van der Waals surface area contributed by atoms with E-state index in [-0.39, 0.29) is 11.1 Å². The molecule has 8 heteroatoms. The summed E-state index contributed by atoms with van der Waals surface area (Å²) in [4.78, 5) is 37.6. The van der Waals surface area contributed by atoms with Gasteiger partial charge in [-0.2, -0.15) is 0 Å². The number of aromatic carboxylic acids is 2. The minimum Gasteiger partial charge on any atom is -0.493 e. The van der Waals surface area contributed by atoms with Crippen LogP contribution in [0.5, 0.6) is 5.75 Å². The number of nitrogens with two attached hydrogens (primary N) is 1. The predicted octanol–water partition coefficient (Wildman–Crippen LogP) is 2.51. The number of anilines is 1. The molecule has 26 heavy (non-hydrogen) atoms. The van der Waals surface area contributed by atoms with E-state index >= 15 is 0 Å². The molecule has 0 fully saturated rings. The Kier molecular flexibility index (Phi) is 5.66. The Labute approximate surface area is 149 Å². The quantitative estimate of drug-likeness (QED) is 0.555. The van der Waals surface area contributed by atoms with Crippen LogP contribution in [-0.2, 0) is 0 Å². The van der Waals surface area contributed by atoms with E-state index in [0.717, 1.165) is 18.4 Å². The minimum absolute atomic E-state index is 0.203. The molecule has 0 aliphatic heterocycles. The van der Waals surface area contributed by atoms with Crippen molar-refractivity contribution in [3.63, 3.8) is 0 Å². The van der Waals surface area contributed by atoms with Crippen molar-refractivity contribution in [2.75, 3.05) is 12.3 Å². The lowest BCUT2D eigenvalue weighted by atomic mass is 9.93. The lowest BCUT2D eigenvalue weighted by molar-refractivity contribution is 0.0695. The molecule has 0 saturated heterocycles. The van der Waals surface area contributed by atoms with Gasteiger partial charge in [0.15, 0.2) is 0 Å². The molecule has 0 atom stereocenters. The number of nitrogens with one attached hydrogen (secondary N) is 1. The number of rotatable bonds is 7. The molecule has 8 nitrogen and oxygen atoms in total. The number of hydrogen-bond acceptors (Lipinski definition) is 5. The molecular weight excluding hydrogens is 340 g/mol. The molecule has 1 aromatic carbocycles. The molecule has 1 heterocycles. The van der Waals surface area contributed by atoms with Crippen LogP contribution in [0.1, 0.15) is 46.0 Å². The predicted molar refractivity (Wildman–Crippen MR) is 96.0 cm³/mol. The highest BCUT2D eigenvalue weighted by Crippen LogP contribution is 2.36. The second-order valence-corrected chi connectivity index (χ2v) is 5.80. The van der Waals surface area contributed by atoms with Crippen LogP contribution in [0.4, 0.5) is 5.82 Å². The summed E-state index contributed by atoms with van der Waals surface area (Å²) in [6.45, 7) is 4.12. The van der Waals surface area contributed by atoms with Gasteiger partial charge in [0.05, 0.1) is 6.61 Å². The zero-order valence-electron chi connectivity index (χ0n) is 14.5. The fourth-order valence-electron chi connectivity index (χ4n) is 2.61. The third kappa shape index (κ3) is 3.69. The molecule has 0 spiro atoms. The number of H-pyrrole nitrogens is 1. The molecular formula is C18H20N2O6. The largest absolute Gasteiger partial charge is 0.493 e. The van der Waals surface area contributed by atoms with Gasteiger partial charge in [-0.05, 0) is 25.5 Å². The Morgan fingerprint density at radius 1 is 1.19 bits per heavy atom. The zero-order chi connectivity index (χ0) is 19.4. The molecule has 0 amide bonds. The third-order valence-electron chi connectivity index (χ3n) is 3.83. The van der Waals surface area contributed by atoms with Crippen LogP contribution in [0.3, 0.4) is 0 Å². The number of ether oxygens (including phenoxy) is 1. The van der Waals surface area contributed by atoms with Crippen LogP contribution in [0, 0.1) is 6.92 Å². The molecule has 1 aromatic heterocycles. The monoisotopic (exact) mass is 360 g/mol. The molecule has 2 rings (SSSR count). The van der Waals surface area contributed by atoms with E-state index in [1.54, 1.807) is 25.1 Å². The van der Waals surface area contributed by atoms with Gasteiger partial charge in [-0.15, -0.1) is 0 Å². The van der Waals surface area contributed by atoms with Gasteiger partial charge in [0, 0.05) is 11.1 Å². The Morgan fingerprint density at radius 2 is 1.85 bits per heavy atom. The van der Waals surface area contributed by atoms with Gasteiger partial charge < -0.3 is 25.7 Å². The Balaban J connectivity index is 2.86. The average Bonchev–Trinajstić information content (AvgIpc) is 2.54. The Bertz CT molecular complexity index is 917. The number of benzene rings is 1. The third-order valence-corrected chi connectivity index (χ3v) is 3.83. The van der Waals surface area contributed by atoms with E-state index in [9.17, 15) is 24.6 Å². The van der Waals surface area contributed by atoms with Gasteiger partial charge in [0.25, 0.3) is 5.56 Å². The van der Waals surface area contributed by atoms with Crippen LogP contribution in [0.25, 0.3) is 11.1 Å². The number of pyridine rings is 1. The summed E-state index contributed by atoms with van der Waals surface area (Å²) in [5.41, 5.74) is 4.21. The van der Waals surface area contributed by atoms with Crippen LogP contribution in [-0.4, -0.2) is 33.7 Å². The van der Waals surface area contributed by atoms with Crippen LogP contribution in [0.15, 0.2) is 23.0 Å². The van der Waals surface area contributed by atoms with E-state index in [2.05, 4.69) is 4.98 Å². The van der Waals surface area contributed by atoms with Crippen molar-refractivity contribution in [1.82, 2.24) is 4.98 Å². The number of carboxylic acids is 2. The molecule has 0 radical (unpaired) electrons. The van der Waals surface area contributed by atoms with E-state index in [1.165, 1.54) is 0 Å². The van der Waals surface area contributed by atoms with Gasteiger partial charge in [-0.25, -0.2) is 9.59 Å². The van der Waals surface area contributed by atoms with Crippen molar-refractivity contribution < 1.29 is 24.5 Å². The van der Waals surface area contributed by atoms with Crippen molar-refractivity contribution in [1.29, 1.82) is 0 Å². The van der Waals surface area contributed by atoms with Crippen molar-refractivity contribution in [3.8, 4) is 16.9 Å². The lowest BCUT2D eigenvalue weighted by Gasteiger charge is -2.16. The minimum atomic E-state index is -1.55. The molecule has 5 N–H and O–H groups in total. The number of unbranched alkanes of at least 4 members (excludes halogenated alkanes) is 1. The Hall–Kier alpha value is -3.29. The fourth-order valence-corrected chi connectivity index (χ4v) is 2.61. The molecule has 2 aromatic rings. The molecule has 0 aliphatic rings. The van der Waals surface area contributed by atoms with Crippen molar-refractivity contribution in [3.05, 3.63) is 45.2 Å². The SMILES string of the molecule is CCCCOc1ccc(C)cc1-c1c(C(=O)O)c(N)[nH]c(=O)c1C(=O)O. The maximum absolute atomic E-state index is 12.2. The fraction of sp³-hybridized carbons (Fsp3) is 0.278. The number of aromatic amines is 1. The molecule has 0 aliphatic carbocycles. The molecule has 0 bridgehead atoms. The van der Waals surface area contributed by atoms with E-state index in [1.807, 2.05) is 6.92 Å². The topological polar surface area (TPSA) is 143 Å². The number of carbonyl (C=O) groups is 2. The smallest absolute Gasteiger partial charge is 0.342 e. The van der Waals surface area contributed by atoms with Crippen molar-refractivity contribution in [2.45, 2.75) is 26.7 Å². The van der Waals surface area contributed by atoms with Crippen molar-refractivity contribution in [2.24, 2.45) is 0 Å². The van der Waals surface area contributed by atoms with E-state index in [4.69, 9.17) is 10.5 Å². The van der Waals surface area contributed by atoms with Crippen molar-refractivity contribution >= 4 is 17.8 Å². The highest BCUT2D eigenvalue weighted by Gasteiger charge is 2.28. The van der Waals surface area contributed by atoms with Gasteiger partial charge in [0.2, 0.25) is 0 Å². The Morgan fingerprint density at radius 3 is 2.42 bits per heavy atom. The summed E-state index contributed by atoms with van der Waals surface area (Å²) in [5.74, 6) is -3.12. The highest BCUT2D eigenvalue weighted by atomic mass is 16.5. The average molecular weight is 360 g/mol. The lowest BCUT2D eigenvalue weighted by Crippen LogP contribution is -2.24. The number of hydrogen-bond donors (Lipinski definition) is 4. The first kappa shape index (κ1) is 19.0. The second-order valence-electron chi connectivity index (χ2n) is 5.80. The normalized spacial score (nSPS) is 10.5. The summed E-state index contributed by atoms with van der Waals surface area (Å²) in [7, 11) is 0. The molecule has 138 valence electrons. The van der Waals surface area contributed by atoms with E-state index in [0.29, 0.717) is 12.4 Å². The summed E-state index contributed by atoms with van der Waals surface area (Å²) in [6.07, 6.45) is 1.66. The maximum Gasteiger partial charge on any atom is 0.342 e. The number of carboxylic acid groups (broad SMARTS) is 2. The van der Waals surface area contributed by atoms with Crippen LogP contribution in [0.2, 0.25) is 0 Å². The summed E-state index contributed by atoms with van der Waals surface area (Å²) in [5, 5.41) is 19.0. The highest BCUT2D eigenvalue weighted by molar-refractivity contribution is 6.08. The number of nitrogen functional groups attached to an aromatic ring is 1. The summed E-state index contributed by atoms with van der Waals surface area (Å²) < 4.78 is 5.70. The summed E-state index contributed by atoms with van der Waals surface area (Å²) in [6, 6.07) is 4.95. The standard InChI is InChI=1S/C18H20N2O6/c1-3-4-7-26-11-6-5-9(2)8-10(11)12-13(17(22)23)15(19)20-16(21)14(12)18(24)25/h5-6,8H,3-4,7H2,1-2H3,(H,22,23)(H,24,25)(H3,19,20,21). The zero-order valence-corrected chi connectivity index (χ0v) is 14.5. The first-order valence-electron chi connectivity index (χ1n) is 8.04. The molecule has 0 saturated carbocycles. The van der Waals surface area contributed by atoms with Crippen LogP contribution < -0.4 is 16.0 Å². The van der Waals surface area contributed by atoms with Crippen LogP contribution >= 0.6 is 0 Å². The first-order chi connectivity index (χ1) is 12.3. The first-order valence-corrected chi connectivity index (χ1v) is 8.04. The van der Waals surface area contributed by atoms with Gasteiger partial charge in [0.1, 0.15) is 22.7 Å². The molecule has 0 unspecified atom stereocenters.